The Balaban J connectivity index is 1.48. The van der Waals surface area contributed by atoms with Crippen LogP contribution in [0.3, 0.4) is 0 Å². The Kier molecular flexibility index (Phi) is 7.22. The van der Waals surface area contributed by atoms with E-state index in [9.17, 15) is 18.0 Å². The lowest BCUT2D eigenvalue weighted by Gasteiger charge is -2.37. The van der Waals surface area contributed by atoms with E-state index in [2.05, 4.69) is 15.3 Å². The zero-order chi connectivity index (χ0) is 26.8. The molecule has 3 heterocycles. The number of halogens is 3. The van der Waals surface area contributed by atoms with E-state index in [1.54, 1.807) is 12.4 Å². The number of nitrogens with one attached hydrogen (secondary N) is 1. The first-order valence-electron chi connectivity index (χ1n) is 12.4. The topological polar surface area (TPSA) is 103 Å². The van der Waals surface area contributed by atoms with Crippen LogP contribution in [0.4, 0.5) is 30.5 Å². The summed E-state index contributed by atoms with van der Waals surface area (Å²) in [6.07, 6.45) is -0.505. The highest BCUT2D eigenvalue weighted by Crippen LogP contribution is 2.40. The summed E-state index contributed by atoms with van der Waals surface area (Å²) in [5.41, 5.74) is 6.85. The number of nitrogen functional groups attached to an aromatic ring is 1. The molecule has 2 aliphatic heterocycles. The largest absolute Gasteiger partial charge is 0.416 e. The number of nitrogens with two attached hydrogens (primary N) is 1. The highest BCUT2D eigenvalue weighted by Gasteiger charge is 2.42. The summed E-state index contributed by atoms with van der Waals surface area (Å²) in [6.45, 7) is 2.68. The molecule has 0 radical (unpaired) electrons. The fourth-order valence-electron chi connectivity index (χ4n) is 4.97. The molecule has 11 heteroatoms. The minimum atomic E-state index is -4.54. The maximum atomic E-state index is 14.0. The maximum Gasteiger partial charge on any atom is 0.416 e. The summed E-state index contributed by atoms with van der Waals surface area (Å²) in [5.74, 6) is -0.188. The molecule has 1 amide bonds. The standard InChI is InChI=1S/C27H28F3N5O3/c28-27(29,30)21-5-6-23(35-9-13-38-14-10-35)22(15-21)34-24(36)26(7-11-37-12-8-26)20-3-1-18(2-4-20)19-16-32-25(31)33-17-19/h1-6,15-17H,7-14H2,(H,34,36)(H2,31,32,33). The first kappa shape index (κ1) is 25.9. The van der Waals surface area contributed by atoms with Gasteiger partial charge in [-0.25, -0.2) is 9.97 Å². The molecule has 0 aliphatic carbocycles. The number of morpholine rings is 1. The van der Waals surface area contributed by atoms with E-state index >= 15 is 0 Å². The van der Waals surface area contributed by atoms with E-state index < -0.39 is 17.2 Å². The lowest BCUT2D eigenvalue weighted by Crippen LogP contribution is -2.45. The molecule has 2 aliphatic rings. The molecule has 1 aromatic heterocycles. The van der Waals surface area contributed by atoms with Gasteiger partial charge in [-0.15, -0.1) is 0 Å². The molecule has 0 bridgehead atoms. The fraction of sp³-hybridized carbons (Fsp3) is 0.370. The number of amides is 1. The van der Waals surface area contributed by atoms with Gasteiger partial charge in [0.25, 0.3) is 0 Å². The smallest absolute Gasteiger partial charge is 0.381 e. The number of benzene rings is 2. The summed E-state index contributed by atoms with van der Waals surface area (Å²) in [4.78, 5) is 23.9. The summed E-state index contributed by atoms with van der Waals surface area (Å²) < 4.78 is 51.7. The Labute approximate surface area is 218 Å². The quantitative estimate of drug-likeness (QED) is 0.511. The van der Waals surface area contributed by atoms with Crippen LogP contribution in [0.5, 0.6) is 0 Å². The molecule has 2 aromatic carbocycles. The molecular formula is C27H28F3N5O3. The summed E-state index contributed by atoms with van der Waals surface area (Å²) in [7, 11) is 0. The van der Waals surface area contributed by atoms with Crippen molar-refractivity contribution in [3.63, 3.8) is 0 Å². The van der Waals surface area contributed by atoms with E-state index in [-0.39, 0.29) is 17.5 Å². The molecule has 0 spiro atoms. The highest BCUT2D eigenvalue weighted by atomic mass is 19.4. The molecule has 200 valence electrons. The van der Waals surface area contributed by atoms with Gasteiger partial charge in [-0.2, -0.15) is 13.2 Å². The van der Waals surface area contributed by atoms with Gasteiger partial charge in [0.15, 0.2) is 0 Å². The van der Waals surface area contributed by atoms with Crippen molar-refractivity contribution in [1.82, 2.24) is 9.97 Å². The molecular weight excluding hydrogens is 499 g/mol. The van der Waals surface area contributed by atoms with Crippen molar-refractivity contribution in [1.29, 1.82) is 0 Å². The van der Waals surface area contributed by atoms with Crippen molar-refractivity contribution in [2.75, 3.05) is 55.5 Å². The van der Waals surface area contributed by atoms with Gasteiger partial charge < -0.3 is 25.4 Å². The highest BCUT2D eigenvalue weighted by molar-refractivity contribution is 6.01. The molecule has 0 saturated carbocycles. The number of nitrogens with zero attached hydrogens (tertiary/aromatic N) is 3. The second-order valence-corrected chi connectivity index (χ2v) is 9.39. The Morgan fingerprint density at radius 3 is 2.18 bits per heavy atom. The number of hydrogen-bond donors (Lipinski definition) is 2. The number of carbonyl (C=O) groups is 1. The van der Waals surface area contributed by atoms with Crippen LogP contribution in [0, 0.1) is 0 Å². The van der Waals surface area contributed by atoms with E-state index in [4.69, 9.17) is 15.2 Å². The molecule has 2 fully saturated rings. The average Bonchev–Trinajstić information content (AvgIpc) is 2.94. The van der Waals surface area contributed by atoms with E-state index in [0.29, 0.717) is 58.0 Å². The third kappa shape index (κ3) is 5.30. The van der Waals surface area contributed by atoms with Crippen LogP contribution in [0.1, 0.15) is 24.0 Å². The van der Waals surface area contributed by atoms with Crippen molar-refractivity contribution in [3.05, 3.63) is 66.0 Å². The summed E-state index contributed by atoms with van der Waals surface area (Å²) >= 11 is 0. The number of hydrogen-bond acceptors (Lipinski definition) is 7. The van der Waals surface area contributed by atoms with Crippen LogP contribution in [0.15, 0.2) is 54.9 Å². The zero-order valence-electron chi connectivity index (χ0n) is 20.6. The maximum absolute atomic E-state index is 14.0. The minimum absolute atomic E-state index is 0.133. The molecule has 3 aromatic rings. The zero-order valence-corrected chi connectivity index (χ0v) is 20.6. The molecule has 0 atom stereocenters. The second kappa shape index (κ2) is 10.6. The van der Waals surface area contributed by atoms with Gasteiger partial charge >= 0.3 is 6.18 Å². The van der Waals surface area contributed by atoms with Crippen LogP contribution in [0.2, 0.25) is 0 Å². The van der Waals surface area contributed by atoms with Crippen molar-refractivity contribution in [3.8, 4) is 11.1 Å². The predicted octanol–water partition coefficient (Wildman–Crippen LogP) is 4.27. The van der Waals surface area contributed by atoms with Gasteiger partial charge in [0.1, 0.15) is 0 Å². The Bertz CT molecular complexity index is 1270. The molecule has 3 N–H and O–H groups in total. The third-order valence-electron chi connectivity index (χ3n) is 7.15. The number of anilines is 3. The number of rotatable bonds is 5. The van der Waals surface area contributed by atoms with Crippen LogP contribution < -0.4 is 16.0 Å². The average molecular weight is 528 g/mol. The summed E-state index contributed by atoms with van der Waals surface area (Å²) in [5, 5.41) is 2.87. The Hall–Kier alpha value is -3.70. The van der Waals surface area contributed by atoms with E-state index in [1.165, 1.54) is 6.07 Å². The fourth-order valence-corrected chi connectivity index (χ4v) is 4.97. The second-order valence-electron chi connectivity index (χ2n) is 9.39. The van der Waals surface area contributed by atoms with Crippen molar-refractivity contribution in [2.24, 2.45) is 0 Å². The molecule has 8 nitrogen and oxygen atoms in total. The van der Waals surface area contributed by atoms with Crippen LogP contribution in [0.25, 0.3) is 11.1 Å². The SMILES string of the molecule is Nc1ncc(-c2ccc(C3(C(=O)Nc4cc(C(F)(F)F)ccc4N4CCOCC4)CCOCC3)cc2)cn1. The summed E-state index contributed by atoms with van der Waals surface area (Å²) in [6, 6.07) is 11.0. The van der Waals surface area contributed by atoms with Crippen molar-refractivity contribution >= 4 is 23.2 Å². The van der Waals surface area contributed by atoms with Crippen molar-refractivity contribution < 1.29 is 27.4 Å². The van der Waals surface area contributed by atoms with Gasteiger partial charge in [0, 0.05) is 44.3 Å². The van der Waals surface area contributed by atoms with Gasteiger partial charge in [-0.05, 0) is 42.2 Å². The minimum Gasteiger partial charge on any atom is -0.381 e. The number of alkyl halides is 3. The Morgan fingerprint density at radius 1 is 0.921 bits per heavy atom. The first-order valence-corrected chi connectivity index (χ1v) is 12.4. The first-order chi connectivity index (χ1) is 18.3. The Morgan fingerprint density at radius 2 is 1.55 bits per heavy atom. The molecule has 38 heavy (non-hydrogen) atoms. The number of ether oxygens (including phenoxy) is 2. The lowest BCUT2D eigenvalue weighted by molar-refractivity contribution is -0.137. The molecule has 2 saturated heterocycles. The van der Waals surface area contributed by atoms with Gasteiger partial charge in [0.05, 0.1) is 35.6 Å². The third-order valence-corrected chi connectivity index (χ3v) is 7.15. The molecule has 0 unspecified atom stereocenters. The van der Waals surface area contributed by atoms with Gasteiger partial charge in [0.2, 0.25) is 11.9 Å². The normalized spacial score (nSPS) is 17.7. The van der Waals surface area contributed by atoms with E-state index in [0.717, 1.165) is 28.8 Å². The van der Waals surface area contributed by atoms with E-state index in [1.807, 2.05) is 29.2 Å². The van der Waals surface area contributed by atoms with Gasteiger partial charge in [-0.1, -0.05) is 24.3 Å². The van der Waals surface area contributed by atoms with Crippen LogP contribution >= 0.6 is 0 Å². The number of aromatic nitrogens is 2. The van der Waals surface area contributed by atoms with Crippen molar-refractivity contribution in [2.45, 2.75) is 24.4 Å². The molecule has 5 rings (SSSR count). The van der Waals surface area contributed by atoms with Crippen LogP contribution in [-0.2, 0) is 25.9 Å². The number of carbonyl (C=O) groups excluding carboxylic acids is 1. The van der Waals surface area contributed by atoms with Crippen LogP contribution in [-0.4, -0.2) is 55.4 Å². The monoisotopic (exact) mass is 527 g/mol. The van der Waals surface area contributed by atoms with Gasteiger partial charge in [-0.3, -0.25) is 4.79 Å². The predicted molar refractivity (Wildman–Crippen MR) is 137 cm³/mol. The lowest BCUT2D eigenvalue weighted by atomic mass is 9.73.